The van der Waals surface area contributed by atoms with Gasteiger partial charge in [-0.25, -0.2) is 0 Å². The molecule has 0 aliphatic carbocycles. The summed E-state index contributed by atoms with van der Waals surface area (Å²) in [6.07, 6.45) is 6.14. The van der Waals surface area contributed by atoms with Crippen molar-refractivity contribution in [2.45, 2.75) is 25.9 Å². The summed E-state index contributed by atoms with van der Waals surface area (Å²) in [5.74, 6) is 3.99. The van der Waals surface area contributed by atoms with Crippen LogP contribution < -0.4 is 15.4 Å². The van der Waals surface area contributed by atoms with E-state index in [9.17, 15) is 5.11 Å². The zero-order valence-corrected chi connectivity index (χ0v) is 16.4. The van der Waals surface area contributed by atoms with Crippen molar-refractivity contribution in [2.24, 2.45) is 4.99 Å². The summed E-state index contributed by atoms with van der Waals surface area (Å²) in [4.78, 5) is 4.55. The van der Waals surface area contributed by atoms with Crippen LogP contribution in [0.2, 0.25) is 0 Å². The lowest BCUT2D eigenvalue weighted by Crippen LogP contribution is -2.38. The van der Waals surface area contributed by atoms with Crippen molar-refractivity contribution in [1.29, 1.82) is 0 Å². The molecule has 3 N–H and O–H groups in total. The molecular weight excluding hydrogens is 350 g/mol. The molecule has 0 fully saturated rings. The second kappa shape index (κ2) is 12.4. The number of terminal acetylenes is 1. The summed E-state index contributed by atoms with van der Waals surface area (Å²) >= 11 is 0. The van der Waals surface area contributed by atoms with Crippen LogP contribution in [0.1, 0.15) is 30.6 Å². The molecule has 0 aliphatic heterocycles. The van der Waals surface area contributed by atoms with Gasteiger partial charge in [0, 0.05) is 19.6 Å². The molecule has 0 aliphatic rings. The second-order valence-electron chi connectivity index (χ2n) is 6.29. The zero-order chi connectivity index (χ0) is 20.0. The highest BCUT2D eigenvalue weighted by Gasteiger charge is 2.06. The summed E-state index contributed by atoms with van der Waals surface area (Å²) < 4.78 is 5.38. The number of hydrogen-bond acceptors (Lipinski definition) is 3. The number of nitrogens with one attached hydrogen (secondary N) is 2. The Hall–Kier alpha value is -2.97. The van der Waals surface area contributed by atoms with Gasteiger partial charge in [0.05, 0.1) is 6.10 Å². The number of guanidine groups is 1. The molecule has 0 saturated heterocycles. The normalized spacial score (nSPS) is 12.1. The van der Waals surface area contributed by atoms with Gasteiger partial charge in [-0.1, -0.05) is 48.4 Å². The monoisotopic (exact) mass is 379 g/mol. The van der Waals surface area contributed by atoms with E-state index in [-0.39, 0.29) is 6.61 Å². The summed E-state index contributed by atoms with van der Waals surface area (Å²) in [5, 5.41) is 16.8. The molecular formula is C23H29N3O2. The summed E-state index contributed by atoms with van der Waals surface area (Å²) in [6.45, 7) is 4.41. The highest BCUT2D eigenvalue weighted by atomic mass is 16.5. The Morgan fingerprint density at radius 1 is 1.14 bits per heavy atom. The van der Waals surface area contributed by atoms with Crippen LogP contribution in [0.3, 0.4) is 0 Å². The van der Waals surface area contributed by atoms with Crippen molar-refractivity contribution in [1.82, 2.24) is 10.6 Å². The second-order valence-corrected chi connectivity index (χ2v) is 6.29. The first-order chi connectivity index (χ1) is 13.7. The summed E-state index contributed by atoms with van der Waals surface area (Å²) in [5.41, 5.74) is 2.13. The fourth-order valence-corrected chi connectivity index (χ4v) is 2.68. The van der Waals surface area contributed by atoms with Gasteiger partial charge in [-0.3, -0.25) is 4.99 Å². The summed E-state index contributed by atoms with van der Waals surface area (Å²) in [7, 11) is 0. The van der Waals surface area contributed by atoms with Crippen LogP contribution in [0.15, 0.2) is 59.6 Å². The average molecular weight is 380 g/mol. The first-order valence-corrected chi connectivity index (χ1v) is 9.63. The number of aliphatic imine (C=N–C) groups is 1. The Bertz CT molecular complexity index is 752. The number of benzene rings is 2. The van der Waals surface area contributed by atoms with E-state index >= 15 is 0 Å². The average Bonchev–Trinajstić information content (AvgIpc) is 2.73. The zero-order valence-electron chi connectivity index (χ0n) is 16.4. The predicted octanol–water partition coefficient (Wildman–Crippen LogP) is 2.92. The molecule has 148 valence electrons. The number of rotatable bonds is 10. The minimum atomic E-state index is -0.497. The van der Waals surface area contributed by atoms with E-state index < -0.39 is 6.10 Å². The van der Waals surface area contributed by atoms with Gasteiger partial charge in [-0.05, 0) is 43.0 Å². The number of aliphatic hydroxyl groups excluding tert-OH is 1. The van der Waals surface area contributed by atoms with Crippen LogP contribution in [0.4, 0.5) is 0 Å². The summed E-state index contributed by atoms with van der Waals surface area (Å²) in [6, 6.07) is 17.6. The Kier molecular flexibility index (Phi) is 9.46. The van der Waals surface area contributed by atoms with Gasteiger partial charge < -0.3 is 20.5 Å². The third-order valence-corrected chi connectivity index (χ3v) is 4.15. The maximum Gasteiger partial charge on any atom is 0.191 e. The lowest BCUT2D eigenvalue weighted by molar-refractivity contribution is 0.170. The quantitative estimate of drug-likeness (QED) is 0.337. The molecule has 2 rings (SSSR count). The van der Waals surface area contributed by atoms with Crippen molar-refractivity contribution in [3.63, 3.8) is 0 Å². The third kappa shape index (κ3) is 7.73. The first kappa shape index (κ1) is 21.3. The van der Waals surface area contributed by atoms with Crippen LogP contribution >= 0.6 is 0 Å². The predicted molar refractivity (Wildman–Crippen MR) is 114 cm³/mol. The molecule has 2 aromatic carbocycles. The molecule has 0 amide bonds. The van der Waals surface area contributed by atoms with Crippen LogP contribution in [-0.4, -0.2) is 37.3 Å². The molecule has 5 nitrogen and oxygen atoms in total. The molecule has 0 heterocycles. The SMILES string of the molecule is C#CCOc1ccc(CCNC(=NCCC(O)c2ccccc2)NCC)cc1. The first-order valence-electron chi connectivity index (χ1n) is 9.63. The Morgan fingerprint density at radius 3 is 2.57 bits per heavy atom. The fourth-order valence-electron chi connectivity index (χ4n) is 2.68. The van der Waals surface area contributed by atoms with Gasteiger partial charge in [0.15, 0.2) is 5.96 Å². The van der Waals surface area contributed by atoms with E-state index in [2.05, 4.69) is 21.5 Å². The van der Waals surface area contributed by atoms with Crippen molar-refractivity contribution < 1.29 is 9.84 Å². The van der Waals surface area contributed by atoms with E-state index in [1.807, 2.05) is 61.5 Å². The molecule has 28 heavy (non-hydrogen) atoms. The smallest absolute Gasteiger partial charge is 0.191 e. The van der Waals surface area contributed by atoms with Crippen LogP contribution in [0, 0.1) is 12.3 Å². The minimum absolute atomic E-state index is 0.280. The van der Waals surface area contributed by atoms with Gasteiger partial charge in [0.1, 0.15) is 12.4 Å². The van der Waals surface area contributed by atoms with Crippen molar-refractivity contribution >= 4 is 5.96 Å². The van der Waals surface area contributed by atoms with E-state index in [0.717, 1.165) is 36.8 Å². The molecule has 0 radical (unpaired) electrons. The van der Waals surface area contributed by atoms with Crippen molar-refractivity contribution in [2.75, 3.05) is 26.2 Å². The maximum atomic E-state index is 10.2. The molecule has 0 spiro atoms. The molecule has 1 unspecified atom stereocenters. The molecule has 0 aromatic heterocycles. The van der Waals surface area contributed by atoms with Crippen molar-refractivity contribution in [3.05, 3.63) is 65.7 Å². The van der Waals surface area contributed by atoms with Crippen molar-refractivity contribution in [3.8, 4) is 18.1 Å². The molecule has 1 atom stereocenters. The molecule has 0 saturated carbocycles. The van der Waals surface area contributed by atoms with E-state index in [0.29, 0.717) is 13.0 Å². The highest BCUT2D eigenvalue weighted by Crippen LogP contribution is 2.15. The Labute approximate surface area is 167 Å². The van der Waals surface area contributed by atoms with E-state index in [1.54, 1.807) is 0 Å². The minimum Gasteiger partial charge on any atom is -0.481 e. The highest BCUT2D eigenvalue weighted by molar-refractivity contribution is 5.79. The lowest BCUT2D eigenvalue weighted by atomic mass is 10.1. The Morgan fingerprint density at radius 2 is 1.89 bits per heavy atom. The van der Waals surface area contributed by atoms with Crippen LogP contribution in [-0.2, 0) is 6.42 Å². The Balaban J connectivity index is 1.77. The van der Waals surface area contributed by atoms with Gasteiger partial charge >= 0.3 is 0 Å². The van der Waals surface area contributed by atoms with E-state index in [1.165, 1.54) is 5.56 Å². The molecule has 2 aromatic rings. The largest absolute Gasteiger partial charge is 0.481 e. The fraction of sp³-hybridized carbons (Fsp3) is 0.348. The number of hydrogen-bond donors (Lipinski definition) is 3. The number of nitrogens with zero attached hydrogens (tertiary/aromatic N) is 1. The molecule has 5 heteroatoms. The van der Waals surface area contributed by atoms with Gasteiger partial charge in [0.25, 0.3) is 0 Å². The van der Waals surface area contributed by atoms with Crippen LogP contribution in [0.5, 0.6) is 5.75 Å². The third-order valence-electron chi connectivity index (χ3n) is 4.15. The maximum absolute atomic E-state index is 10.2. The molecule has 0 bridgehead atoms. The van der Waals surface area contributed by atoms with E-state index in [4.69, 9.17) is 11.2 Å². The topological polar surface area (TPSA) is 65.9 Å². The lowest BCUT2D eigenvalue weighted by Gasteiger charge is -2.13. The van der Waals surface area contributed by atoms with Gasteiger partial charge in [-0.2, -0.15) is 0 Å². The number of aliphatic hydroxyl groups is 1. The number of ether oxygens (including phenoxy) is 1. The van der Waals surface area contributed by atoms with Gasteiger partial charge in [0.2, 0.25) is 0 Å². The van der Waals surface area contributed by atoms with Crippen LogP contribution in [0.25, 0.3) is 0 Å². The van der Waals surface area contributed by atoms with Gasteiger partial charge in [-0.15, -0.1) is 6.42 Å². The standard InChI is InChI=1S/C23H29N3O2/c1-3-18-28-21-12-10-19(11-13-21)14-16-25-23(24-4-2)26-17-15-22(27)20-8-6-5-7-9-20/h1,5-13,22,27H,4,14-18H2,2H3,(H2,24,25,26).